The van der Waals surface area contributed by atoms with Gasteiger partial charge in [0.05, 0.1) is 0 Å². The molecule has 1 amide bonds. The van der Waals surface area contributed by atoms with Crippen molar-refractivity contribution in [3.05, 3.63) is 35.4 Å². The Bertz CT molecular complexity index is 560. The third kappa shape index (κ3) is 6.30. The number of aliphatic imine (C=N–C) groups is 1. The molecule has 0 heterocycles. The van der Waals surface area contributed by atoms with E-state index in [-0.39, 0.29) is 36.4 Å². The Morgan fingerprint density at radius 2 is 2.00 bits per heavy atom. The maximum absolute atomic E-state index is 11.7. The highest BCUT2D eigenvalue weighted by molar-refractivity contribution is 14.0. The van der Waals surface area contributed by atoms with E-state index in [1.807, 2.05) is 0 Å². The van der Waals surface area contributed by atoms with Crippen LogP contribution >= 0.6 is 24.0 Å². The molecule has 0 aliphatic heterocycles. The number of carbonyl (C=O) groups excluding carboxylic acids is 1. The summed E-state index contributed by atoms with van der Waals surface area (Å²) in [5, 5.41) is 6.80. The number of aryl methyl sites for hydroxylation is 1. The summed E-state index contributed by atoms with van der Waals surface area (Å²) in [5.74, 6) is 0.753. The molecule has 0 fully saturated rings. The molecule has 1 aliphatic rings. The first-order chi connectivity index (χ1) is 11.1. The van der Waals surface area contributed by atoms with Crippen molar-refractivity contribution in [1.29, 1.82) is 0 Å². The number of hydrogen-bond donors (Lipinski definition) is 2. The van der Waals surface area contributed by atoms with Crippen molar-refractivity contribution in [1.82, 2.24) is 15.5 Å². The van der Waals surface area contributed by atoms with Crippen LogP contribution in [0.15, 0.2) is 29.3 Å². The first-order valence-electron chi connectivity index (χ1n) is 8.42. The monoisotopic (exact) mass is 444 g/mol. The number of benzene rings is 1. The molecular weight excluding hydrogens is 415 g/mol. The molecule has 1 atom stereocenters. The normalized spacial score (nSPS) is 16.6. The molecule has 0 saturated heterocycles. The van der Waals surface area contributed by atoms with Crippen LogP contribution in [-0.4, -0.2) is 50.0 Å². The Morgan fingerprint density at radius 1 is 1.29 bits per heavy atom. The van der Waals surface area contributed by atoms with E-state index in [4.69, 9.17) is 0 Å². The van der Waals surface area contributed by atoms with Crippen molar-refractivity contribution in [2.45, 2.75) is 38.6 Å². The molecule has 2 N–H and O–H groups in total. The minimum Gasteiger partial charge on any atom is -0.356 e. The molecule has 0 bridgehead atoms. The molecule has 0 aromatic heterocycles. The van der Waals surface area contributed by atoms with E-state index >= 15 is 0 Å². The van der Waals surface area contributed by atoms with E-state index in [0.29, 0.717) is 6.04 Å². The number of rotatable bonds is 5. The summed E-state index contributed by atoms with van der Waals surface area (Å²) in [5.41, 5.74) is 2.86. The maximum atomic E-state index is 11.7. The highest BCUT2D eigenvalue weighted by atomic mass is 127. The first kappa shape index (κ1) is 20.7. The standard InChI is InChI=1S/C18H28N4O.HI/c1-4-11-19-18(20-13-17(23)22(2)3)21-16-10-9-14-7-5-6-8-15(14)12-16;/h5-8,16H,4,9-13H2,1-3H3,(H2,19,20,21);1H. The van der Waals surface area contributed by atoms with Gasteiger partial charge in [0.15, 0.2) is 5.96 Å². The molecule has 0 saturated carbocycles. The molecule has 1 aliphatic carbocycles. The van der Waals surface area contributed by atoms with Crippen molar-refractivity contribution in [2.24, 2.45) is 4.99 Å². The third-order valence-corrected chi connectivity index (χ3v) is 4.10. The molecule has 1 unspecified atom stereocenters. The van der Waals surface area contributed by atoms with Gasteiger partial charge in [-0.05, 0) is 36.8 Å². The number of likely N-dealkylation sites (N-methyl/N-ethyl adjacent to an activating group) is 1. The molecule has 24 heavy (non-hydrogen) atoms. The topological polar surface area (TPSA) is 56.7 Å². The summed E-state index contributed by atoms with van der Waals surface area (Å²) in [6.07, 6.45) is 4.21. The summed E-state index contributed by atoms with van der Waals surface area (Å²) in [7, 11) is 3.50. The quantitative estimate of drug-likeness (QED) is 0.416. The molecule has 1 aromatic rings. The number of amides is 1. The van der Waals surface area contributed by atoms with Gasteiger partial charge in [-0.25, -0.2) is 4.99 Å². The van der Waals surface area contributed by atoms with Crippen molar-refractivity contribution in [2.75, 3.05) is 27.2 Å². The highest BCUT2D eigenvalue weighted by Crippen LogP contribution is 2.20. The van der Waals surface area contributed by atoms with Crippen LogP contribution in [0.25, 0.3) is 0 Å². The second-order valence-corrected chi connectivity index (χ2v) is 6.23. The Balaban J connectivity index is 0.00000288. The number of halogens is 1. The maximum Gasteiger partial charge on any atom is 0.243 e. The van der Waals surface area contributed by atoms with Gasteiger partial charge in [-0.3, -0.25) is 4.79 Å². The van der Waals surface area contributed by atoms with Crippen LogP contribution in [-0.2, 0) is 17.6 Å². The highest BCUT2D eigenvalue weighted by Gasteiger charge is 2.19. The fourth-order valence-electron chi connectivity index (χ4n) is 2.70. The van der Waals surface area contributed by atoms with Crippen LogP contribution in [0.1, 0.15) is 30.9 Å². The smallest absolute Gasteiger partial charge is 0.243 e. The second kappa shape index (κ2) is 10.5. The minimum atomic E-state index is 0. The van der Waals surface area contributed by atoms with Gasteiger partial charge in [0.25, 0.3) is 0 Å². The van der Waals surface area contributed by atoms with E-state index in [0.717, 1.165) is 38.2 Å². The zero-order valence-corrected chi connectivity index (χ0v) is 17.2. The number of nitrogens with one attached hydrogen (secondary N) is 2. The Morgan fingerprint density at radius 3 is 2.67 bits per heavy atom. The van der Waals surface area contributed by atoms with Crippen LogP contribution < -0.4 is 10.6 Å². The van der Waals surface area contributed by atoms with E-state index in [2.05, 4.69) is 46.8 Å². The molecular formula is C18H29IN4O. The van der Waals surface area contributed by atoms with Crippen molar-refractivity contribution in [3.8, 4) is 0 Å². The summed E-state index contributed by atoms with van der Waals surface area (Å²) in [6, 6.07) is 8.99. The average Bonchev–Trinajstić information content (AvgIpc) is 2.56. The zero-order valence-electron chi connectivity index (χ0n) is 14.8. The number of hydrogen-bond acceptors (Lipinski definition) is 2. The summed E-state index contributed by atoms with van der Waals surface area (Å²) < 4.78 is 0. The van der Waals surface area contributed by atoms with Gasteiger partial charge in [0.2, 0.25) is 5.91 Å². The number of carbonyl (C=O) groups is 1. The molecule has 0 radical (unpaired) electrons. The molecule has 2 rings (SSSR count). The van der Waals surface area contributed by atoms with Gasteiger partial charge in [-0.2, -0.15) is 0 Å². The predicted octanol–water partition coefficient (Wildman–Crippen LogP) is 2.20. The van der Waals surface area contributed by atoms with Gasteiger partial charge < -0.3 is 15.5 Å². The molecule has 6 heteroatoms. The lowest BCUT2D eigenvalue weighted by atomic mass is 9.88. The van der Waals surface area contributed by atoms with Gasteiger partial charge in [0, 0.05) is 26.7 Å². The van der Waals surface area contributed by atoms with E-state index < -0.39 is 0 Å². The van der Waals surface area contributed by atoms with Crippen molar-refractivity contribution < 1.29 is 4.79 Å². The largest absolute Gasteiger partial charge is 0.356 e. The lowest BCUT2D eigenvalue weighted by molar-refractivity contribution is -0.127. The lowest BCUT2D eigenvalue weighted by Gasteiger charge is -2.27. The fraction of sp³-hybridized carbons (Fsp3) is 0.556. The molecule has 0 spiro atoms. The predicted molar refractivity (Wildman–Crippen MR) is 110 cm³/mol. The minimum absolute atomic E-state index is 0. The van der Waals surface area contributed by atoms with Crippen LogP contribution in [0.5, 0.6) is 0 Å². The Hall–Kier alpha value is -1.31. The van der Waals surface area contributed by atoms with Crippen molar-refractivity contribution >= 4 is 35.8 Å². The molecule has 5 nitrogen and oxygen atoms in total. The Kier molecular flexibility index (Phi) is 9.10. The second-order valence-electron chi connectivity index (χ2n) is 6.23. The van der Waals surface area contributed by atoms with Crippen LogP contribution in [0.4, 0.5) is 0 Å². The van der Waals surface area contributed by atoms with E-state index in [1.165, 1.54) is 11.1 Å². The zero-order chi connectivity index (χ0) is 16.7. The summed E-state index contributed by atoms with van der Waals surface area (Å²) >= 11 is 0. The SMILES string of the molecule is CCCNC(=NCC(=O)N(C)C)NC1CCc2ccccc2C1.I. The van der Waals surface area contributed by atoms with Crippen molar-refractivity contribution in [3.63, 3.8) is 0 Å². The Labute approximate surface area is 162 Å². The number of nitrogens with zero attached hydrogens (tertiary/aromatic N) is 2. The number of guanidine groups is 1. The van der Waals surface area contributed by atoms with Gasteiger partial charge >= 0.3 is 0 Å². The van der Waals surface area contributed by atoms with E-state index in [1.54, 1.807) is 19.0 Å². The molecule has 1 aromatic carbocycles. The average molecular weight is 444 g/mol. The van der Waals surface area contributed by atoms with Crippen LogP contribution in [0.3, 0.4) is 0 Å². The first-order valence-corrected chi connectivity index (χ1v) is 8.42. The lowest BCUT2D eigenvalue weighted by Crippen LogP contribution is -2.46. The number of fused-ring (bicyclic) bond motifs is 1. The van der Waals surface area contributed by atoms with Gasteiger partial charge in [-0.15, -0.1) is 24.0 Å². The van der Waals surface area contributed by atoms with Gasteiger partial charge in [-0.1, -0.05) is 31.2 Å². The summed E-state index contributed by atoms with van der Waals surface area (Å²) in [6.45, 7) is 3.15. The van der Waals surface area contributed by atoms with Crippen LogP contribution in [0, 0.1) is 0 Å². The van der Waals surface area contributed by atoms with Crippen LogP contribution in [0.2, 0.25) is 0 Å². The molecule has 134 valence electrons. The van der Waals surface area contributed by atoms with E-state index in [9.17, 15) is 4.79 Å². The third-order valence-electron chi connectivity index (χ3n) is 4.10. The fourth-order valence-corrected chi connectivity index (χ4v) is 2.70. The van der Waals surface area contributed by atoms with Gasteiger partial charge in [0.1, 0.15) is 6.54 Å². The summed E-state index contributed by atoms with van der Waals surface area (Å²) in [4.78, 5) is 17.7.